The minimum Gasteiger partial charge on any atom is -0.494 e. The predicted octanol–water partition coefficient (Wildman–Crippen LogP) is 3.95. The van der Waals surface area contributed by atoms with E-state index in [1.54, 1.807) is 0 Å². The lowest BCUT2D eigenvalue weighted by atomic mass is 10.0. The van der Waals surface area contributed by atoms with Crippen LogP contribution in [-0.2, 0) is 11.2 Å². The van der Waals surface area contributed by atoms with Crippen LogP contribution >= 0.6 is 11.8 Å². The van der Waals surface area contributed by atoms with Crippen LogP contribution in [0.2, 0.25) is 0 Å². The van der Waals surface area contributed by atoms with Crippen molar-refractivity contribution in [3.05, 3.63) is 65.5 Å². The Morgan fingerprint density at radius 3 is 2.67 bits per heavy atom. The first-order valence-corrected chi connectivity index (χ1v) is 11.0. The predicted molar refractivity (Wildman–Crippen MR) is 119 cm³/mol. The van der Waals surface area contributed by atoms with Crippen LogP contribution in [0.5, 0.6) is 5.75 Å². The molecule has 0 saturated carbocycles. The van der Waals surface area contributed by atoms with Crippen LogP contribution in [0.15, 0.2) is 53.7 Å². The van der Waals surface area contributed by atoms with Gasteiger partial charge in [0, 0.05) is 5.69 Å². The topological polar surface area (TPSA) is 81.1 Å². The number of benzene rings is 2. The fourth-order valence-corrected chi connectivity index (χ4v) is 4.63. The summed E-state index contributed by atoms with van der Waals surface area (Å²) in [6.07, 6.45) is 0.850. The molecule has 2 atom stereocenters. The lowest BCUT2D eigenvalue weighted by molar-refractivity contribution is -0.116. The fraction of sp³-hybridized carbons (Fsp3) is 0.318. The smallest absolute Gasteiger partial charge is 0.240 e. The molecule has 1 aliphatic rings. The van der Waals surface area contributed by atoms with Crippen molar-refractivity contribution in [2.24, 2.45) is 0 Å². The first-order valence-electron chi connectivity index (χ1n) is 10.1. The van der Waals surface area contributed by atoms with Gasteiger partial charge in [-0.2, -0.15) is 0 Å². The van der Waals surface area contributed by atoms with Crippen LogP contribution in [0, 0.1) is 6.92 Å². The van der Waals surface area contributed by atoms with E-state index in [0.29, 0.717) is 11.8 Å². The molecule has 2 aromatic carbocycles. The molecule has 0 aliphatic carbocycles. The number of amides is 1. The number of nitrogens with zero attached hydrogens (tertiary/aromatic N) is 3. The standard InChI is InChI=1S/C22H25N5O2S/c1-4-15-8-6-7-9-18(15)23-21(28)20-19(16-10-12-17(13-11-16)29-5-2)26-27-14(3)24-25-22(27)30-20/h6-13,19-20,26H,4-5H2,1-3H3,(H,23,28). The Hall–Kier alpha value is -3.00. The molecule has 7 nitrogen and oxygen atoms in total. The molecule has 8 heteroatoms. The zero-order valence-corrected chi connectivity index (χ0v) is 18.1. The van der Waals surface area contributed by atoms with Crippen molar-refractivity contribution in [2.75, 3.05) is 17.3 Å². The molecule has 0 saturated heterocycles. The summed E-state index contributed by atoms with van der Waals surface area (Å²) in [5, 5.41) is 11.7. The number of anilines is 1. The summed E-state index contributed by atoms with van der Waals surface area (Å²) < 4.78 is 7.40. The van der Waals surface area contributed by atoms with Gasteiger partial charge in [0.1, 0.15) is 16.8 Å². The number of hydrogen-bond acceptors (Lipinski definition) is 6. The number of nitrogens with one attached hydrogen (secondary N) is 2. The van der Waals surface area contributed by atoms with Crippen LogP contribution in [0.25, 0.3) is 0 Å². The van der Waals surface area contributed by atoms with E-state index in [1.807, 2.05) is 67.1 Å². The van der Waals surface area contributed by atoms with Gasteiger partial charge in [0.25, 0.3) is 0 Å². The number of fused-ring (bicyclic) bond motifs is 1. The zero-order chi connectivity index (χ0) is 21.1. The lowest BCUT2D eigenvalue weighted by Crippen LogP contribution is -2.41. The average Bonchev–Trinajstić information content (AvgIpc) is 3.14. The first-order chi connectivity index (χ1) is 14.6. The zero-order valence-electron chi connectivity index (χ0n) is 17.3. The average molecular weight is 424 g/mol. The van der Waals surface area contributed by atoms with Gasteiger partial charge in [-0.15, -0.1) is 10.2 Å². The van der Waals surface area contributed by atoms with Crippen molar-refractivity contribution in [3.8, 4) is 5.75 Å². The molecule has 2 unspecified atom stereocenters. The molecule has 1 amide bonds. The third kappa shape index (κ3) is 4.00. The highest BCUT2D eigenvalue weighted by Crippen LogP contribution is 2.38. The Morgan fingerprint density at radius 2 is 1.93 bits per heavy atom. The number of thioether (sulfide) groups is 1. The second-order valence-corrected chi connectivity index (χ2v) is 8.12. The molecule has 4 rings (SSSR count). The molecule has 0 radical (unpaired) electrons. The summed E-state index contributed by atoms with van der Waals surface area (Å²) in [7, 11) is 0. The number of ether oxygens (including phenoxy) is 1. The van der Waals surface area contributed by atoms with Gasteiger partial charge in [-0.05, 0) is 49.6 Å². The number of carbonyl (C=O) groups excluding carboxylic acids is 1. The summed E-state index contributed by atoms with van der Waals surface area (Å²) in [4.78, 5) is 13.4. The molecule has 30 heavy (non-hydrogen) atoms. The summed E-state index contributed by atoms with van der Waals surface area (Å²) in [6.45, 7) is 6.53. The molecule has 0 bridgehead atoms. The van der Waals surface area contributed by atoms with Crippen LogP contribution < -0.4 is 15.5 Å². The highest BCUT2D eigenvalue weighted by Gasteiger charge is 2.37. The lowest BCUT2D eigenvalue weighted by Gasteiger charge is -2.33. The Morgan fingerprint density at radius 1 is 1.17 bits per heavy atom. The molecule has 156 valence electrons. The minimum atomic E-state index is -0.413. The van der Waals surface area contributed by atoms with Gasteiger partial charge in [-0.3, -0.25) is 4.79 Å². The summed E-state index contributed by atoms with van der Waals surface area (Å²) in [5.74, 6) is 1.49. The quantitative estimate of drug-likeness (QED) is 0.625. The number of carbonyl (C=O) groups is 1. The SMILES string of the molecule is CCOc1ccc(C2Nn3c(C)nnc3SC2C(=O)Nc2ccccc2CC)cc1. The van der Waals surface area contributed by atoms with Crippen LogP contribution in [0.3, 0.4) is 0 Å². The monoisotopic (exact) mass is 423 g/mol. The van der Waals surface area contributed by atoms with Gasteiger partial charge in [-0.1, -0.05) is 49.0 Å². The third-order valence-corrected chi connectivity index (χ3v) is 6.28. The molecule has 2 heterocycles. The van der Waals surface area contributed by atoms with E-state index in [-0.39, 0.29) is 11.9 Å². The Kier molecular flexibility index (Phi) is 5.94. The van der Waals surface area contributed by atoms with E-state index in [0.717, 1.165) is 34.8 Å². The third-order valence-electron chi connectivity index (χ3n) is 5.06. The fourth-order valence-electron chi connectivity index (χ4n) is 3.50. The maximum absolute atomic E-state index is 13.4. The Bertz CT molecular complexity index is 1030. The van der Waals surface area contributed by atoms with E-state index in [1.165, 1.54) is 11.8 Å². The normalized spacial score (nSPS) is 17.7. The van der Waals surface area contributed by atoms with Gasteiger partial charge >= 0.3 is 0 Å². The highest BCUT2D eigenvalue weighted by atomic mass is 32.2. The van der Waals surface area contributed by atoms with Gasteiger partial charge in [0.05, 0.1) is 12.6 Å². The molecule has 3 aromatic rings. The maximum Gasteiger partial charge on any atom is 0.240 e. The van der Waals surface area contributed by atoms with Crippen LogP contribution in [0.4, 0.5) is 5.69 Å². The molecule has 0 spiro atoms. The minimum absolute atomic E-state index is 0.0702. The number of para-hydroxylation sites is 1. The second kappa shape index (κ2) is 8.79. The van der Waals surface area contributed by atoms with Gasteiger partial charge in [-0.25, -0.2) is 4.68 Å². The number of aromatic nitrogens is 3. The van der Waals surface area contributed by atoms with Crippen molar-refractivity contribution in [2.45, 2.75) is 43.6 Å². The number of hydrogen-bond donors (Lipinski definition) is 2. The summed E-state index contributed by atoms with van der Waals surface area (Å²) in [5.41, 5.74) is 6.38. The van der Waals surface area contributed by atoms with Crippen molar-refractivity contribution < 1.29 is 9.53 Å². The van der Waals surface area contributed by atoms with E-state index >= 15 is 0 Å². The van der Waals surface area contributed by atoms with Gasteiger partial charge in [0.15, 0.2) is 0 Å². The Balaban J connectivity index is 1.65. The molecule has 1 aromatic heterocycles. The van der Waals surface area contributed by atoms with E-state index in [2.05, 4.69) is 27.9 Å². The van der Waals surface area contributed by atoms with Crippen molar-refractivity contribution in [3.63, 3.8) is 0 Å². The second-order valence-electron chi connectivity index (χ2n) is 7.01. The van der Waals surface area contributed by atoms with E-state index in [4.69, 9.17) is 4.74 Å². The molecule has 1 aliphatic heterocycles. The van der Waals surface area contributed by atoms with E-state index < -0.39 is 5.25 Å². The van der Waals surface area contributed by atoms with Gasteiger partial charge in [0.2, 0.25) is 11.1 Å². The van der Waals surface area contributed by atoms with Gasteiger partial charge < -0.3 is 15.5 Å². The molecular weight excluding hydrogens is 398 g/mol. The van der Waals surface area contributed by atoms with Crippen molar-refractivity contribution in [1.82, 2.24) is 14.9 Å². The maximum atomic E-state index is 13.4. The number of rotatable bonds is 6. The van der Waals surface area contributed by atoms with Crippen LogP contribution in [0.1, 0.15) is 36.8 Å². The molecule has 0 fully saturated rings. The van der Waals surface area contributed by atoms with Crippen molar-refractivity contribution >= 4 is 23.4 Å². The van der Waals surface area contributed by atoms with Crippen molar-refractivity contribution in [1.29, 1.82) is 0 Å². The first kappa shape index (κ1) is 20.3. The molecule has 2 N–H and O–H groups in total. The van der Waals surface area contributed by atoms with Crippen LogP contribution in [-0.4, -0.2) is 32.6 Å². The highest BCUT2D eigenvalue weighted by molar-refractivity contribution is 8.00. The summed E-state index contributed by atoms with van der Waals surface area (Å²) >= 11 is 1.42. The van der Waals surface area contributed by atoms with E-state index in [9.17, 15) is 4.79 Å². The summed E-state index contributed by atoms with van der Waals surface area (Å²) in [6, 6.07) is 15.5. The largest absolute Gasteiger partial charge is 0.494 e. The Labute approximate surface area is 180 Å². The number of aryl methyl sites for hydroxylation is 2. The molecular formula is C22H25N5O2S.